The predicted octanol–water partition coefficient (Wildman–Crippen LogP) is 3.84. The highest BCUT2D eigenvalue weighted by molar-refractivity contribution is 5.30. The van der Waals surface area contributed by atoms with Gasteiger partial charge in [0.05, 0.1) is 13.2 Å². The van der Waals surface area contributed by atoms with Crippen molar-refractivity contribution in [3.05, 3.63) is 29.8 Å². The molecule has 0 spiro atoms. The van der Waals surface area contributed by atoms with Crippen molar-refractivity contribution in [2.24, 2.45) is 11.7 Å². The molecule has 0 aliphatic heterocycles. The van der Waals surface area contributed by atoms with Crippen molar-refractivity contribution in [3.8, 4) is 5.75 Å². The van der Waals surface area contributed by atoms with E-state index in [0.717, 1.165) is 18.7 Å². The average molecular weight is 292 g/mol. The third kappa shape index (κ3) is 5.01. The van der Waals surface area contributed by atoms with Crippen molar-refractivity contribution in [1.29, 1.82) is 0 Å². The summed E-state index contributed by atoms with van der Waals surface area (Å²) in [6.45, 7) is 12.2. The molecule has 3 heteroatoms. The van der Waals surface area contributed by atoms with Gasteiger partial charge in [0.25, 0.3) is 0 Å². The highest BCUT2D eigenvalue weighted by Crippen LogP contribution is 2.29. The van der Waals surface area contributed by atoms with Crippen molar-refractivity contribution in [3.63, 3.8) is 0 Å². The summed E-state index contributed by atoms with van der Waals surface area (Å²) in [6, 6.07) is 9.21. The Hall–Kier alpha value is -1.06. The predicted molar refractivity (Wildman–Crippen MR) is 90.7 cm³/mol. The van der Waals surface area contributed by atoms with Crippen molar-refractivity contribution in [2.75, 3.05) is 13.7 Å². The quantitative estimate of drug-likeness (QED) is 0.791. The molecule has 0 heterocycles. The van der Waals surface area contributed by atoms with Crippen LogP contribution in [-0.2, 0) is 0 Å². The van der Waals surface area contributed by atoms with Crippen LogP contribution in [0.2, 0.25) is 0 Å². The van der Waals surface area contributed by atoms with E-state index in [1.165, 1.54) is 5.56 Å². The van der Waals surface area contributed by atoms with Gasteiger partial charge in [0, 0.05) is 18.6 Å². The summed E-state index contributed by atoms with van der Waals surface area (Å²) in [5.74, 6) is 1.51. The molecule has 120 valence electrons. The Morgan fingerprint density at radius 1 is 1.10 bits per heavy atom. The number of methoxy groups -OCH3 is 1. The van der Waals surface area contributed by atoms with Gasteiger partial charge in [-0.05, 0) is 43.9 Å². The Bertz CT molecular complexity index is 400. The second-order valence-electron chi connectivity index (χ2n) is 6.47. The summed E-state index contributed by atoms with van der Waals surface area (Å²) in [5.41, 5.74) is 7.74. The lowest BCUT2D eigenvalue weighted by molar-refractivity contribution is 0.114. The van der Waals surface area contributed by atoms with E-state index in [1.54, 1.807) is 7.11 Å². The first-order valence-corrected chi connectivity index (χ1v) is 8.05. The van der Waals surface area contributed by atoms with Gasteiger partial charge >= 0.3 is 0 Å². The molecular formula is C18H32N2O. The van der Waals surface area contributed by atoms with Crippen molar-refractivity contribution >= 4 is 0 Å². The van der Waals surface area contributed by atoms with Crippen molar-refractivity contribution in [1.82, 2.24) is 4.90 Å². The normalized spacial score (nSPS) is 14.8. The molecule has 0 bridgehead atoms. The Labute approximate surface area is 130 Å². The molecule has 2 N–H and O–H groups in total. The molecule has 1 aromatic carbocycles. The molecule has 1 rings (SSSR count). The number of hydrogen-bond acceptors (Lipinski definition) is 3. The summed E-state index contributed by atoms with van der Waals surface area (Å²) >= 11 is 0. The summed E-state index contributed by atoms with van der Waals surface area (Å²) in [7, 11) is 1.70. The monoisotopic (exact) mass is 292 g/mol. The highest BCUT2D eigenvalue weighted by Gasteiger charge is 2.28. The van der Waals surface area contributed by atoms with Gasteiger partial charge in [-0.1, -0.05) is 32.9 Å². The maximum Gasteiger partial charge on any atom is 0.118 e. The molecular weight excluding hydrogens is 260 g/mol. The fraction of sp³-hybridized carbons (Fsp3) is 0.667. The van der Waals surface area contributed by atoms with Gasteiger partial charge in [-0.15, -0.1) is 0 Å². The molecule has 0 radical (unpaired) electrons. The molecule has 0 saturated carbocycles. The van der Waals surface area contributed by atoms with E-state index in [-0.39, 0.29) is 12.1 Å². The van der Waals surface area contributed by atoms with E-state index < -0.39 is 0 Å². The lowest BCUT2D eigenvalue weighted by Gasteiger charge is -2.39. The molecule has 3 nitrogen and oxygen atoms in total. The van der Waals surface area contributed by atoms with E-state index in [9.17, 15) is 0 Å². The van der Waals surface area contributed by atoms with Crippen LogP contribution in [0.25, 0.3) is 0 Å². The Morgan fingerprint density at radius 3 is 2.05 bits per heavy atom. The summed E-state index contributed by atoms with van der Waals surface area (Å²) in [5, 5.41) is 0. The first-order chi connectivity index (χ1) is 9.90. The van der Waals surface area contributed by atoms with Gasteiger partial charge < -0.3 is 10.5 Å². The van der Waals surface area contributed by atoms with Crippen molar-refractivity contribution in [2.45, 2.75) is 59.2 Å². The SMILES string of the molecule is CCC(N)C(c1ccc(OC)cc1)N(CC(C)C)C(C)C. The van der Waals surface area contributed by atoms with Crippen LogP contribution in [-0.4, -0.2) is 30.6 Å². The molecule has 2 atom stereocenters. The second-order valence-corrected chi connectivity index (χ2v) is 6.47. The van der Waals surface area contributed by atoms with Crippen LogP contribution in [0.5, 0.6) is 5.75 Å². The van der Waals surface area contributed by atoms with Crippen LogP contribution in [0.3, 0.4) is 0 Å². The molecule has 0 aromatic heterocycles. The third-order valence-corrected chi connectivity index (χ3v) is 3.93. The van der Waals surface area contributed by atoms with E-state index in [2.05, 4.69) is 51.7 Å². The fourth-order valence-electron chi connectivity index (χ4n) is 2.78. The van der Waals surface area contributed by atoms with E-state index in [1.807, 2.05) is 12.1 Å². The highest BCUT2D eigenvalue weighted by atomic mass is 16.5. The Kier molecular flexibility index (Phi) is 7.20. The summed E-state index contributed by atoms with van der Waals surface area (Å²) in [4.78, 5) is 2.53. The molecule has 21 heavy (non-hydrogen) atoms. The largest absolute Gasteiger partial charge is 0.497 e. The molecule has 0 amide bonds. The van der Waals surface area contributed by atoms with E-state index >= 15 is 0 Å². The van der Waals surface area contributed by atoms with E-state index in [0.29, 0.717) is 12.0 Å². The van der Waals surface area contributed by atoms with Crippen LogP contribution < -0.4 is 10.5 Å². The average Bonchev–Trinajstić information content (AvgIpc) is 2.46. The number of hydrogen-bond donors (Lipinski definition) is 1. The standard InChI is InChI=1S/C18H32N2O/c1-7-17(19)18(20(14(4)5)12-13(2)3)15-8-10-16(21-6)11-9-15/h8-11,13-14,17-18H,7,12,19H2,1-6H3. The molecule has 2 unspecified atom stereocenters. The zero-order valence-corrected chi connectivity index (χ0v) is 14.5. The molecule has 0 fully saturated rings. The lowest BCUT2D eigenvalue weighted by Crippen LogP contribution is -2.45. The molecule has 0 aliphatic rings. The first kappa shape index (κ1) is 18.0. The zero-order chi connectivity index (χ0) is 16.0. The minimum atomic E-state index is 0.138. The van der Waals surface area contributed by atoms with Gasteiger partial charge in [0.15, 0.2) is 0 Å². The van der Waals surface area contributed by atoms with Crippen LogP contribution in [0, 0.1) is 5.92 Å². The second kappa shape index (κ2) is 8.40. The van der Waals surface area contributed by atoms with Gasteiger partial charge in [0.1, 0.15) is 5.75 Å². The van der Waals surface area contributed by atoms with Gasteiger partial charge in [-0.3, -0.25) is 4.90 Å². The smallest absolute Gasteiger partial charge is 0.118 e. The first-order valence-electron chi connectivity index (χ1n) is 8.05. The summed E-state index contributed by atoms with van der Waals surface area (Å²) in [6.07, 6.45) is 0.970. The number of rotatable bonds is 8. The number of nitrogens with two attached hydrogens (primary N) is 1. The lowest BCUT2D eigenvalue weighted by atomic mass is 9.94. The minimum absolute atomic E-state index is 0.138. The van der Waals surface area contributed by atoms with Crippen LogP contribution in [0.4, 0.5) is 0 Å². The minimum Gasteiger partial charge on any atom is -0.497 e. The van der Waals surface area contributed by atoms with E-state index in [4.69, 9.17) is 10.5 Å². The maximum absolute atomic E-state index is 6.46. The van der Waals surface area contributed by atoms with Crippen molar-refractivity contribution < 1.29 is 4.74 Å². The third-order valence-electron chi connectivity index (χ3n) is 3.93. The molecule has 0 saturated heterocycles. The number of benzene rings is 1. The topological polar surface area (TPSA) is 38.5 Å². The maximum atomic E-state index is 6.46. The fourth-order valence-corrected chi connectivity index (χ4v) is 2.78. The molecule has 0 aliphatic carbocycles. The van der Waals surface area contributed by atoms with Crippen LogP contribution >= 0.6 is 0 Å². The Morgan fingerprint density at radius 2 is 1.67 bits per heavy atom. The van der Waals surface area contributed by atoms with Gasteiger partial charge in [0.2, 0.25) is 0 Å². The van der Waals surface area contributed by atoms with Gasteiger partial charge in [-0.25, -0.2) is 0 Å². The van der Waals surface area contributed by atoms with Crippen LogP contribution in [0.1, 0.15) is 52.6 Å². The zero-order valence-electron chi connectivity index (χ0n) is 14.5. The van der Waals surface area contributed by atoms with Gasteiger partial charge in [-0.2, -0.15) is 0 Å². The molecule has 1 aromatic rings. The summed E-state index contributed by atoms with van der Waals surface area (Å²) < 4.78 is 5.26. The number of ether oxygens (including phenoxy) is 1. The van der Waals surface area contributed by atoms with Crippen LogP contribution in [0.15, 0.2) is 24.3 Å². The number of nitrogens with zero attached hydrogens (tertiary/aromatic N) is 1. The Balaban J connectivity index is 3.12.